The van der Waals surface area contributed by atoms with Gasteiger partial charge in [-0.3, -0.25) is 4.79 Å². The topological polar surface area (TPSA) is 88.9 Å². The van der Waals surface area contributed by atoms with Crippen LogP contribution in [-0.4, -0.2) is 30.8 Å². The number of thiophene rings is 3. The van der Waals surface area contributed by atoms with E-state index in [4.69, 9.17) is 5.11 Å². The van der Waals surface area contributed by atoms with Crippen molar-refractivity contribution in [1.29, 1.82) is 0 Å². The molecule has 0 saturated carbocycles. The normalized spacial score (nSPS) is 10.7. The number of benzene rings is 7. The molecule has 3 radical (unpaired) electrons. The molecule has 7 aromatic carbocycles. The number of fused-ring (bicyclic) bond motifs is 3. The van der Waals surface area contributed by atoms with Gasteiger partial charge in [0.25, 0.3) is 0 Å². The number of aryl methyl sites for hydroxylation is 2. The first-order chi connectivity index (χ1) is 42.7. The van der Waals surface area contributed by atoms with Gasteiger partial charge >= 0.3 is 0 Å². The minimum Gasteiger partial charge on any atom is -0.512 e. The van der Waals surface area contributed by atoms with Crippen molar-refractivity contribution in [3.8, 4) is 76.4 Å². The average Bonchev–Trinajstić information content (AvgIpc) is 1.78. The Morgan fingerprint density at radius 1 is 0.451 bits per heavy atom. The number of allylic oxidation sites excluding steroid dienone is 2. The van der Waals surface area contributed by atoms with Crippen LogP contribution in [0.5, 0.6) is 0 Å². The van der Waals surface area contributed by atoms with E-state index >= 15 is 0 Å². The van der Waals surface area contributed by atoms with Crippen LogP contribution in [0, 0.1) is 38.1 Å². The van der Waals surface area contributed by atoms with Gasteiger partial charge in [0.15, 0.2) is 5.78 Å². The molecular formula is C79H64Ir3N4O2S3-4. The van der Waals surface area contributed by atoms with Gasteiger partial charge in [-0.1, -0.05) is 156 Å². The summed E-state index contributed by atoms with van der Waals surface area (Å²) in [6, 6.07) is 90.2. The number of carbonyl (C=O) groups is 1. The zero-order valence-electron chi connectivity index (χ0n) is 51.1. The van der Waals surface area contributed by atoms with E-state index in [0.29, 0.717) is 0 Å². The van der Waals surface area contributed by atoms with Crippen molar-refractivity contribution in [1.82, 2.24) is 19.9 Å². The molecule has 12 heteroatoms. The zero-order valence-corrected chi connectivity index (χ0v) is 60.8. The fourth-order valence-corrected chi connectivity index (χ4v) is 12.7. The van der Waals surface area contributed by atoms with Gasteiger partial charge in [-0.2, -0.15) is 0 Å². The van der Waals surface area contributed by atoms with Crippen molar-refractivity contribution in [2.45, 2.75) is 53.9 Å². The number of aliphatic hydroxyl groups excluding tert-OH is 1. The van der Waals surface area contributed by atoms with Crippen LogP contribution in [0.4, 0.5) is 0 Å². The Morgan fingerprint density at radius 3 is 1.35 bits per heavy atom. The molecule has 0 bridgehead atoms. The second-order valence-corrected chi connectivity index (χ2v) is 25.2. The standard InChI is InChI=1S/C23H20NS.C21H16NS.C19H12NS.C11H8N.C5H8O2.3Ir/c1-23(2,3)19-11-9-16(10-12-19)20-13-18-14-21(25-22(18)15-24-20)17-7-5-4-6-8-17;1-14-8-15(2)10-17(9-14)19-12-21-18(13-22-19)11-20(23-21)16-6-4-3-5-7-16;1-3-7-14(8-4-1)17-12-19-16(13-20-17)11-18(21-19)15-9-5-2-6-10-15;1-2-6-10(7-3-1)11-8-4-5-9-12-11;1-4(6)3-5(2)7;;;/h4-9,11-15H,1-3H3;3-9,11-13H,1-2H3;1-7,9-13H;1-6,8-9H;3,6H,1-2H3;;;/q4*-1;;;;. The number of aliphatic hydroxyl groups is 1. The van der Waals surface area contributed by atoms with Crippen LogP contribution in [0.3, 0.4) is 0 Å². The summed E-state index contributed by atoms with van der Waals surface area (Å²) in [5, 5.41) is 12.0. The molecular weight excluding hydrogens is 1710 g/mol. The number of hydrogen-bond acceptors (Lipinski definition) is 9. The molecule has 0 aliphatic heterocycles. The molecule has 461 valence electrons. The van der Waals surface area contributed by atoms with Crippen LogP contribution in [0.15, 0.2) is 261 Å². The van der Waals surface area contributed by atoms with Crippen molar-refractivity contribution >= 4 is 70.1 Å². The first-order valence-electron chi connectivity index (χ1n) is 28.8. The fraction of sp³-hybridized carbons (Fsp3) is 0.101. The van der Waals surface area contributed by atoms with Crippen molar-refractivity contribution in [3.05, 3.63) is 302 Å². The summed E-state index contributed by atoms with van der Waals surface area (Å²) >= 11 is 5.41. The summed E-state index contributed by atoms with van der Waals surface area (Å²) < 4.78 is 3.74. The summed E-state index contributed by atoms with van der Waals surface area (Å²) in [7, 11) is 0. The molecule has 14 aromatic rings. The van der Waals surface area contributed by atoms with E-state index in [-0.39, 0.29) is 77.3 Å². The smallest absolute Gasteiger partial charge is 0.155 e. The number of rotatable bonds is 8. The Bertz CT molecular complexity index is 4500. The van der Waals surface area contributed by atoms with E-state index in [1.165, 1.54) is 92.6 Å². The Morgan fingerprint density at radius 2 is 0.912 bits per heavy atom. The summed E-state index contributed by atoms with van der Waals surface area (Å²) in [6.45, 7) is 13.7. The third kappa shape index (κ3) is 19.8. The van der Waals surface area contributed by atoms with Gasteiger partial charge < -0.3 is 25.0 Å². The van der Waals surface area contributed by atoms with Crippen LogP contribution in [0.2, 0.25) is 0 Å². The second kappa shape index (κ2) is 34.0. The van der Waals surface area contributed by atoms with Crippen LogP contribution in [-0.2, 0) is 70.5 Å². The molecule has 7 heterocycles. The monoisotopic (exact) mass is 1780 g/mol. The number of ketones is 1. The molecule has 0 aliphatic rings. The molecule has 7 aromatic heterocycles. The van der Waals surface area contributed by atoms with E-state index in [0.717, 1.165) is 50.6 Å². The third-order valence-electron chi connectivity index (χ3n) is 13.8. The SMILES string of the molecule is CC(=O)C=C(C)O.CC(C)(C)c1c[c-]c(-c2cc3cc(-c4ccccc4)sc3cn2)cc1.Cc1[c-]c(-c2cc3sc(-c4ccccc4)cc3cn2)cc(C)c1.[Ir].[Ir].[Ir].[c-]1ccccc1-c1cc2sc(-c3ccccc3)cc2cn1.[c-]1ccccc1-c1ccccn1. The first-order valence-corrected chi connectivity index (χ1v) is 31.3. The van der Waals surface area contributed by atoms with E-state index < -0.39 is 0 Å². The van der Waals surface area contributed by atoms with E-state index in [1.54, 1.807) is 28.9 Å². The molecule has 0 amide bonds. The zero-order chi connectivity index (χ0) is 61.4. The molecule has 14 rings (SSSR count). The Labute approximate surface area is 587 Å². The van der Waals surface area contributed by atoms with Gasteiger partial charge in [-0.05, 0) is 88.4 Å². The number of nitrogens with zero attached hydrogens (tertiary/aromatic N) is 4. The summed E-state index contributed by atoms with van der Waals surface area (Å²) in [5.41, 5.74) is 15.7. The quantitative estimate of drug-likeness (QED) is 0.0926. The van der Waals surface area contributed by atoms with Crippen molar-refractivity contribution in [2.75, 3.05) is 0 Å². The van der Waals surface area contributed by atoms with Gasteiger partial charge in [0.2, 0.25) is 0 Å². The van der Waals surface area contributed by atoms with Gasteiger partial charge in [0.1, 0.15) is 0 Å². The van der Waals surface area contributed by atoms with E-state index in [9.17, 15) is 4.79 Å². The third-order valence-corrected chi connectivity index (χ3v) is 17.2. The van der Waals surface area contributed by atoms with Crippen molar-refractivity contribution in [3.63, 3.8) is 0 Å². The molecule has 0 spiro atoms. The van der Waals surface area contributed by atoms with E-state index in [1.807, 2.05) is 115 Å². The molecule has 0 fully saturated rings. The molecule has 0 unspecified atom stereocenters. The maximum absolute atomic E-state index is 10.0. The molecule has 0 aliphatic carbocycles. The largest absolute Gasteiger partial charge is 0.512 e. The van der Waals surface area contributed by atoms with Crippen LogP contribution >= 0.6 is 34.0 Å². The van der Waals surface area contributed by atoms with Crippen LogP contribution in [0.25, 0.3) is 107 Å². The summed E-state index contributed by atoms with van der Waals surface area (Å²) in [5.74, 6) is -0.0625. The Hall–Kier alpha value is -7.82. The Kier molecular flexibility index (Phi) is 26.4. The maximum Gasteiger partial charge on any atom is 0.155 e. The van der Waals surface area contributed by atoms with Crippen LogP contribution in [0.1, 0.15) is 51.3 Å². The molecule has 6 nitrogen and oxygen atoms in total. The number of hydrogen-bond donors (Lipinski definition) is 1. The predicted octanol–water partition coefficient (Wildman–Crippen LogP) is 21.8. The number of aromatic nitrogens is 4. The van der Waals surface area contributed by atoms with E-state index in [2.05, 4.69) is 218 Å². The average molecular weight is 1770 g/mol. The minimum absolute atomic E-state index is 0. The minimum atomic E-state index is -0.125. The summed E-state index contributed by atoms with van der Waals surface area (Å²) in [6.07, 6.45) is 8.86. The molecule has 91 heavy (non-hydrogen) atoms. The maximum atomic E-state index is 10.0. The van der Waals surface area contributed by atoms with Gasteiger partial charge in [-0.15, -0.1) is 176 Å². The van der Waals surface area contributed by atoms with Gasteiger partial charge in [0, 0.05) is 126 Å². The van der Waals surface area contributed by atoms with Crippen molar-refractivity contribution < 1.29 is 70.2 Å². The second-order valence-electron chi connectivity index (χ2n) is 21.9. The number of pyridine rings is 4. The fourth-order valence-electron chi connectivity index (χ4n) is 9.49. The number of carbonyl (C=O) groups excluding carboxylic acids is 1. The van der Waals surface area contributed by atoms with Gasteiger partial charge in [0.05, 0.1) is 10.5 Å². The first kappa shape index (κ1) is 70.6. The molecule has 0 saturated heterocycles. The summed E-state index contributed by atoms with van der Waals surface area (Å²) in [4.78, 5) is 31.9. The molecule has 0 atom stereocenters. The Balaban J connectivity index is 0.000000168. The predicted molar refractivity (Wildman–Crippen MR) is 372 cm³/mol. The molecule has 1 N–H and O–H groups in total. The van der Waals surface area contributed by atoms with Crippen molar-refractivity contribution in [2.24, 2.45) is 0 Å². The van der Waals surface area contributed by atoms with Gasteiger partial charge in [-0.25, -0.2) is 0 Å². The van der Waals surface area contributed by atoms with Crippen LogP contribution < -0.4 is 0 Å².